The van der Waals surface area contributed by atoms with Gasteiger partial charge in [-0.15, -0.1) is 0 Å². The maximum Gasteiger partial charge on any atom is 0.126 e. The van der Waals surface area contributed by atoms with Gasteiger partial charge >= 0.3 is 0 Å². The van der Waals surface area contributed by atoms with Gasteiger partial charge in [-0.3, -0.25) is 0 Å². The first-order valence-corrected chi connectivity index (χ1v) is 4.30. The van der Waals surface area contributed by atoms with Gasteiger partial charge in [-0.2, -0.15) is 0 Å². The zero-order chi connectivity index (χ0) is 9.90. The zero-order valence-electron chi connectivity index (χ0n) is 8.55. The highest BCUT2D eigenvalue weighted by Crippen LogP contribution is 2.10. The van der Waals surface area contributed by atoms with E-state index in [1.165, 1.54) is 0 Å². The summed E-state index contributed by atoms with van der Waals surface area (Å²) in [7, 11) is 0. The monoisotopic (exact) mass is 174 g/mol. The summed E-state index contributed by atoms with van der Waals surface area (Å²) in [4.78, 5) is 8.20. The van der Waals surface area contributed by atoms with E-state index in [0.29, 0.717) is 0 Å². The first-order valence-electron chi connectivity index (χ1n) is 4.30. The molecule has 0 spiro atoms. The summed E-state index contributed by atoms with van der Waals surface area (Å²) in [5, 5.41) is 0. The predicted octanol–water partition coefficient (Wildman–Crippen LogP) is 2.18. The average molecular weight is 174 g/mol. The average Bonchev–Trinajstić information content (AvgIpc) is 2.00. The van der Waals surface area contributed by atoms with E-state index in [0.717, 1.165) is 11.5 Å². The number of aromatic nitrogens is 2. The van der Waals surface area contributed by atoms with E-state index in [4.69, 9.17) is 0 Å². The molecule has 2 nitrogen and oxygen atoms in total. The van der Waals surface area contributed by atoms with E-state index in [-0.39, 0.29) is 5.41 Å². The minimum atomic E-state index is 0.0266. The Morgan fingerprint density at radius 1 is 1.31 bits per heavy atom. The molecule has 0 amide bonds. The van der Waals surface area contributed by atoms with Gasteiger partial charge in [0.05, 0.1) is 0 Å². The molecule has 0 aromatic carbocycles. The van der Waals surface area contributed by atoms with Crippen LogP contribution in [0, 0.1) is 24.2 Å². The van der Waals surface area contributed by atoms with Crippen molar-refractivity contribution in [2.75, 3.05) is 0 Å². The van der Waals surface area contributed by atoms with E-state index in [1.807, 2.05) is 13.0 Å². The maximum absolute atomic E-state index is 4.19. The lowest BCUT2D eigenvalue weighted by Crippen LogP contribution is -2.00. The van der Waals surface area contributed by atoms with Crippen LogP contribution in [0.1, 0.15) is 32.3 Å². The van der Waals surface area contributed by atoms with Gasteiger partial charge in [0.15, 0.2) is 0 Å². The highest BCUT2D eigenvalue weighted by molar-refractivity contribution is 5.28. The van der Waals surface area contributed by atoms with Crippen LogP contribution < -0.4 is 0 Å². The summed E-state index contributed by atoms with van der Waals surface area (Å²) in [5.41, 5.74) is 0.821. The van der Waals surface area contributed by atoms with Gasteiger partial charge in [-0.25, -0.2) is 9.97 Å². The SMILES string of the molecule is Cc1nccc(C#CC(C)(C)C)n1. The summed E-state index contributed by atoms with van der Waals surface area (Å²) >= 11 is 0. The second kappa shape index (κ2) is 3.57. The molecule has 0 aliphatic rings. The molecule has 2 heteroatoms. The minimum absolute atomic E-state index is 0.0266. The summed E-state index contributed by atoms with van der Waals surface area (Å²) < 4.78 is 0. The minimum Gasteiger partial charge on any atom is -0.242 e. The maximum atomic E-state index is 4.19. The Morgan fingerprint density at radius 2 is 2.00 bits per heavy atom. The molecule has 68 valence electrons. The van der Waals surface area contributed by atoms with Crippen molar-refractivity contribution in [3.8, 4) is 11.8 Å². The van der Waals surface area contributed by atoms with Crippen LogP contribution in [0.3, 0.4) is 0 Å². The van der Waals surface area contributed by atoms with Crippen molar-refractivity contribution in [3.05, 3.63) is 23.8 Å². The first-order chi connectivity index (χ1) is 5.97. The van der Waals surface area contributed by atoms with Crippen molar-refractivity contribution >= 4 is 0 Å². The van der Waals surface area contributed by atoms with Crippen molar-refractivity contribution < 1.29 is 0 Å². The summed E-state index contributed by atoms with van der Waals surface area (Å²) in [5.74, 6) is 6.91. The fourth-order valence-corrected chi connectivity index (χ4v) is 0.777. The van der Waals surface area contributed by atoms with Crippen LogP contribution in [0.25, 0.3) is 0 Å². The summed E-state index contributed by atoms with van der Waals surface area (Å²) in [6, 6.07) is 1.83. The van der Waals surface area contributed by atoms with Crippen LogP contribution >= 0.6 is 0 Å². The number of nitrogens with zero attached hydrogens (tertiary/aromatic N) is 2. The van der Waals surface area contributed by atoms with E-state index in [9.17, 15) is 0 Å². The predicted molar refractivity (Wildman–Crippen MR) is 53.1 cm³/mol. The molecule has 13 heavy (non-hydrogen) atoms. The lowest BCUT2D eigenvalue weighted by atomic mass is 9.98. The van der Waals surface area contributed by atoms with Gasteiger partial charge in [-0.1, -0.05) is 5.92 Å². The highest BCUT2D eigenvalue weighted by Gasteiger charge is 2.03. The van der Waals surface area contributed by atoms with Crippen LogP contribution in [0.4, 0.5) is 0 Å². The number of aryl methyl sites for hydroxylation is 1. The first kappa shape index (κ1) is 9.73. The standard InChI is InChI=1S/C11H14N2/c1-9-12-8-6-10(13-9)5-7-11(2,3)4/h6,8H,1-4H3. The molecule has 0 unspecified atom stereocenters. The Balaban J connectivity index is 2.90. The van der Waals surface area contributed by atoms with Gasteiger partial charge < -0.3 is 0 Å². The van der Waals surface area contributed by atoms with Crippen molar-refractivity contribution in [1.29, 1.82) is 0 Å². The molecule has 0 fully saturated rings. The van der Waals surface area contributed by atoms with Gasteiger partial charge in [-0.05, 0) is 39.7 Å². The quantitative estimate of drug-likeness (QED) is 0.563. The lowest BCUT2D eigenvalue weighted by molar-refractivity contribution is 0.571. The van der Waals surface area contributed by atoms with Crippen LogP contribution in [-0.4, -0.2) is 9.97 Å². The fraction of sp³-hybridized carbons (Fsp3) is 0.455. The second-order valence-corrected chi connectivity index (χ2v) is 3.99. The molecule has 0 bridgehead atoms. The fourth-order valence-electron chi connectivity index (χ4n) is 0.777. The summed E-state index contributed by atoms with van der Waals surface area (Å²) in [6.07, 6.45) is 1.73. The van der Waals surface area contributed by atoms with E-state index < -0.39 is 0 Å². The van der Waals surface area contributed by atoms with Crippen LogP contribution in [0.2, 0.25) is 0 Å². The molecule has 0 aliphatic heterocycles. The highest BCUT2D eigenvalue weighted by atomic mass is 14.9. The summed E-state index contributed by atoms with van der Waals surface area (Å²) in [6.45, 7) is 8.10. The Kier molecular flexibility index (Phi) is 2.67. The number of hydrogen-bond acceptors (Lipinski definition) is 2. The third-order valence-electron chi connectivity index (χ3n) is 1.34. The molecule has 0 aliphatic carbocycles. The third kappa shape index (κ3) is 3.71. The topological polar surface area (TPSA) is 25.8 Å². The molecule has 0 saturated heterocycles. The Hall–Kier alpha value is -1.36. The van der Waals surface area contributed by atoms with E-state index in [1.54, 1.807) is 6.20 Å². The van der Waals surface area contributed by atoms with Gasteiger partial charge in [0.25, 0.3) is 0 Å². The molecule has 0 atom stereocenters. The van der Waals surface area contributed by atoms with Gasteiger partial charge in [0.2, 0.25) is 0 Å². The van der Waals surface area contributed by atoms with Crippen LogP contribution in [0.5, 0.6) is 0 Å². The smallest absolute Gasteiger partial charge is 0.126 e. The van der Waals surface area contributed by atoms with Gasteiger partial charge in [0.1, 0.15) is 11.5 Å². The molecule has 1 rings (SSSR count). The molecule has 0 saturated carbocycles. The van der Waals surface area contributed by atoms with Crippen LogP contribution in [-0.2, 0) is 0 Å². The van der Waals surface area contributed by atoms with E-state index >= 15 is 0 Å². The number of rotatable bonds is 0. The molecule has 1 heterocycles. The zero-order valence-corrected chi connectivity index (χ0v) is 8.55. The van der Waals surface area contributed by atoms with E-state index in [2.05, 4.69) is 42.6 Å². The van der Waals surface area contributed by atoms with Crippen LogP contribution in [0.15, 0.2) is 12.3 Å². The van der Waals surface area contributed by atoms with Gasteiger partial charge in [0, 0.05) is 11.6 Å². The molecular formula is C11H14N2. The molecule has 1 aromatic rings. The second-order valence-electron chi connectivity index (χ2n) is 3.99. The third-order valence-corrected chi connectivity index (χ3v) is 1.34. The molecule has 0 radical (unpaired) electrons. The molecule has 0 N–H and O–H groups in total. The molecule has 1 aromatic heterocycles. The normalized spacial score (nSPS) is 10.5. The lowest BCUT2D eigenvalue weighted by Gasteiger charge is -2.06. The Labute approximate surface area is 79.4 Å². The Bertz CT molecular complexity index is 350. The van der Waals surface area contributed by atoms with Crippen molar-refractivity contribution in [3.63, 3.8) is 0 Å². The Morgan fingerprint density at radius 3 is 2.54 bits per heavy atom. The largest absolute Gasteiger partial charge is 0.242 e. The van der Waals surface area contributed by atoms with Crippen molar-refractivity contribution in [2.24, 2.45) is 5.41 Å². The molecular weight excluding hydrogens is 160 g/mol. The van der Waals surface area contributed by atoms with Crippen molar-refractivity contribution in [2.45, 2.75) is 27.7 Å². The number of hydrogen-bond donors (Lipinski definition) is 0. The van der Waals surface area contributed by atoms with Crippen molar-refractivity contribution in [1.82, 2.24) is 9.97 Å².